The van der Waals surface area contributed by atoms with Gasteiger partial charge in [-0.25, -0.2) is 9.97 Å². The molecule has 2 rings (SSSR count). The Morgan fingerprint density at radius 1 is 1.40 bits per heavy atom. The first-order valence-electron chi connectivity index (χ1n) is 5.97. The van der Waals surface area contributed by atoms with Gasteiger partial charge < -0.3 is 10.2 Å². The number of halogens is 4. The molecule has 0 radical (unpaired) electrons. The predicted octanol–water partition coefficient (Wildman–Crippen LogP) is 2.10. The molecule has 110 valence electrons. The van der Waals surface area contributed by atoms with Gasteiger partial charge in [0.15, 0.2) is 0 Å². The van der Waals surface area contributed by atoms with Crippen LogP contribution in [0.25, 0.3) is 0 Å². The summed E-state index contributed by atoms with van der Waals surface area (Å²) in [6, 6.07) is 1.58. The molecule has 1 aliphatic rings. The number of rotatable bonds is 2. The van der Waals surface area contributed by atoms with Crippen molar-refractivity contribution in [2.75, 3.05) is 18.4 Å². The number of aromatic nitrogens is 2. The van der Waals surface area contributed by atoms with E-state index < -0.39 is 12.1 Å². The molecule has 1 N–H and O–H groups in total. The second-order valence-corrected chi connectivity index (χ2v) is 4.76. The average molecular weight is 309 g/mol. The van der Waals surface area contributed by atoms with Crippen LogP contribution in [0.2, 0.25) is 5.28 Å². The van der Waals surface area contributed by atoms with E-state index in [0.717, 1.165) is 4.90 Å². The molecule has 9 heteroatoms. The van der Waals surface area contributed by atoms with E-state index in [0.29, 0.717) is 18.7 Å². The number of amides is 1. The van der Waals surface area contributed by atoms with Crippen LogP contribution in [0, 0.1) is 0 Å². The molecule has 1 amide bonds. The minimum Gasteiger partial charge on any atom is -0.367 e. The molecule has 1 saturated heterocycles. The van der Waals surface area contributed by atoms with Crippen molar-refractivity contribution in [1.82, 2.24) is 14.9 Å². The largest absolute Gasteiger partial charge is 0.471 e. The highest BCUT2D eigenvalue weighted by atomic mass is 35.5. The monoisotopic (exact) mass is 308 g/mol. The standard InChI is InChI=1S/C11H12ClF3N4O/c12-10-16-4-1-8(18-10)17-7-2-5-19(6-3-7)9(20)11(13,14)15/h1,4,7H,2-3,5-6H2,(H,16,17,18). The van der Waals surface area contributed by atoms with Gasteiger partial charge in [0, 0.05) is 25.3 Å². The Hall–Kier alpha value is -1.57. The molecular formula is C11H12ClF3N4O. The highest BCUT2D eigenvalue weighted by Gasteiger charge is 2.43. The molecule has 0 atom stereocenters. The lowest BCUT2D eigenvalue weighted by Gasteiger charge is -2.32. The number of hydrogen-bond acceptors (Lipinski definition) is 4. The van der Waals surface area contributed by atoms with Gasteiger partial charge in [0.25, 0.3) is 0 Å². The van der Waals surface area contributed by atoms with Gasteiger partial charge in [-0.1, -0.05) is 0 Å². The van der Waals surface area contributed by atoms with Crippen molar-refractivity contribution >= 4 is 23.3 Å². The third-order valence-electron chi connectivity index (χ3n) is 3.00. The van der Waals surface area contributed by atoms with Gasteiger partial charge in [-0.05, 0) is 30.5 Å². The molecule has 0 spiro atoms. The Morgan fingerprint density at radius 2 is 2.05 bits per heavy atom. The van der Waals surface area contributed by atoms with Gasteiger partial charge in [0.1, 0.15) is 5.82 Å². The predicted molar refractivity (Wildman–Crippen MR) is 66.3 cm³/mol. The molecule has 0 aliphatic carbocycles. The quantitative estimate of drug-likeness (QED) is 0.850. The molecule has 1 aromatic heterocycles. The highest BCUT2D eigenvalue weighted by Crippen LogP contribution is 2.22. The lowest BCUT2D eigenvalue weighted by atomic mass is 10.0. The van der Waals surface area contributed by atoms with Crippen molar-refractivity contribution in [2.45, 2.75) is 25.1 Å². The van der Waals surface area contributed by atoms with E-state index in [9.17, 15) is 18.0 Å². The minimum absolute atomic E-state index is 0.0433. The number of carbonyl (C=O) groups is 1. The van der Waals surface area contributed by atoms with Crippen molar-refractivity contribution < 1.29 is 18.0 Å². The molecule has 2 heterocycles. The molecule has 0 saturated carbocycles. The summed E-state index contributed by atoms with van der Waals surface area (Å²) in [5.41, 5.74) is 0. The van der Waals surface area contributed by atoms with Crippen LogP contribution in [0.15, 0.2) is 12.3 Å². The number of nitrogens with one attached hydrogen (secondary N) is 1. The van der Waals surface area contributed by atoms with E-state index in [1.54, 1.807) is 6.07 Å². The first kappa shape index (κ1) is 14.8. The van der Waals surface area contributed by atoms with E-state index in [-0.39, 0.29) is 24.4 Å². The first-order chi connectivity index (χ1) is 9.36. The number of alkyl halides is 3. The van der Waals surface area contributed by atoms with Gasteiger partial charge in [-0.3, -0.25) is 4.79 Å². The minimum atomic E-state index is -4.81. The maximum absolute atomic E-state index is 12.3. The maximum atomic E-state index is 12.3. The van der Waals surface area contributed by atoms with Crippen molar-refractivity contribution in [3.05, 3.63) is 17.5 Å². The van der Waals surface area contributed by atoms with Crippen LogP contribution in [-0.2, 0) is 4.79 Å². The molecule has 1 aromatic rings. The van der Waals surface area contributed by atoms with Gasteiger partial charge in [-0.2, -0.15) is 13.2 Å². The maximum Gasteiger partial charge on any atom is 0.471 e. The summed E-state index contributed by atoms with van der Waals surface area (Å²) < 4.78 is 36.9. The molecule has 0 unspecified atom stereocenters. The average Bonchev–Trinajstić information content (AvgIpc) is 2.38. The zero-order valence-corrected chi connectivity index (χ0v) is 11.1. The Kier molecular flexibility index (Phi) is 4.32. The summed E-state index contributed by atoms with van der Waals surface area (Å²) in [6.45, 7) is 0.129. The van der Waals surface area contributed by atoms with Gasteiger partial charge in [0.05, 0.1) is 0 Å². The molecule has 0 bridgehead atoms. The zero-order chi connectivity index (χ0) is 14.8. The fourth-order valence-electron chi connectivity index (χ4n) is 2.03. The molecule has 20 heavy (non-hydrogen) atoms. The van der Waals surface area contributed by atoms with E-state index in [4.69, 9.17) is 11.6 Å². The molecule has 0 aromatic carbocycles. The summed E-state index contributed by atoms with van der Waals surface area (Å²) in [7, 11) is 0. The van der Waals surface area contributed by atoms with E-state index >= 15 is 0 Å². The lowest BCUT2D eigenvalue weighted by molar-refractivity contribution is -0.186. The summed E-state index contributed by atoms with van der Waals surface area (Å²) in [6.07, 6.45) is -2.48. The Bertz CT molecular complexity index is 489. The van der Waals surface area contributed by atoms with Gasteiger partial charge in [-0.15, -0.1) is 0 Å². The van der Waals surface area contributed by atoms with Crippen molar-refractivity contribution in [3.63, 3.8) is 0 Å². The van der Waals surface area contributed by atoms with Crippen LogP contribution in [0.5, 0.6) is 0 Å². The lowest BCUT2D eigenvalue weighted by Crippen LogP contribution is -2.47. The zero-order valence-electron chi connectivity index (χ0n) is 10.3. The molecule has 1 fully saturated rings. The highest BCUT2D eigenvalue weighted by molar-refractivity contribution is 6.28. The Balaban J connectivity index is 1.87. The molecular weight excluding hydrogens is 297 g/mol. The van der Waals surface area contributed by atoms with Crippen LogP contribution in [0.4, 0.5) is 19.0 Å². The Labute approximate surface area is 118 Å². The summed E-state index contributed by atoms with van der Waals surface area (Å²) in [5.74, 6) is -1.26. The number of anilines is 1. The smallest absolute Gasteiger partial charge is 0.367 e. The van der Waals surface area contributed by atoms with Gasteiger partial charge in [0.2, 0.25) is 5.28 Å². The second kappa shape index (κ2) is 5.82. The SMILES string of the molecule is O=C(N1CCC(Nc2ccnc(Cl)n2)CC1)C(F)(F)F. The second-order valence-electron chi connectivity index (χ2n) is 4.42. The number of hydrogen-bond donors (Lipinski definition) is 1. The summed E-state index contributed by atoms with van der Waals surface area (Å²) in [5, 5.41) is 3.16. The van der Waals surface area contributed by atoms with Crippen molar-refractivity contribution in [1.29, 1.82) is 0 Å². The van der Waals surface area contributed by atoms with E-state index in [1.165, 1.54) is 6.20 Å². The van der Waals surface area contributed by atoms with E-state index in [1.807, 2.05) is 0 Å². The fourth-order valence-corrected chi connectivity index (χ4v) is 2.18. The third kappa shape index (κ3) is 3.72. The van der Waals surface area contributed by atoms with Crippen LogP contribution in [0.1, 0.15) is 12.8 Å². The van der Waals surface area contributed by atoms with Crippen LogP contribution < -0.4 is 5.32 Å². The van der Waals surface area contributed by atoms with Gasteiger partial charge >= 0.3 is 12.1 Å². The number of piperidine rings is 1. The van der Waals surface area contributed by atoms with Crippen molar-refractivity contribution in [2.24, 2.45) is 0 Å². The molecule has 5 nitrogen and oxygen atoms in total. The van der Waals surface area contributed by atoms with Crippen molar-refractivity contribution in [3.8, 4) is 0 Å². The normalized spacial score (nSPS) is 17.1. The van der Waals surface area contributed by atoms with Crippen LogP contribution >= 0.6 is 11.6 Å². The summed E-state index contributed by atoms with van der Waals surface area (Å²) >= 11 is 5.64. The third-order valence-corrected chi connectivity index (χ3v) is 3.18. The van der Waals surface area contributed by atoms with Crippen LogP contribution in [0.3, 0.4) is 0 Å². The summed E-state index contributed by atoms with van der Waals surface area (Å²) in [4.78, 5) is 19.6. The Morgan fingerprint density at radius 3 is 2.60 bits per heavy atom. The number of likely N-dealkylation sites (tertiary alicyclic amines) is 1. The topological polar surface area (TPSA) is 58.1 Å². The first-order valence-corrected chi connectivity index (χ1v) is 6.35. The van der Waals surface area contributed by atoms with E-state index in [2.05, 4.69) is 15.3 Å². The number of carbonyl (C=O) groups excluding carboxylic acids is 1. The number of nitrogens with zero attached hydrogens (tertiary/aromatic N) is 3. The van der Waals surface area contributed by atoms with Crippen LogP contribution in [-0.4, -0.2) is 46.1 Å². The fraction of sp³-hybridized carbons (Fsp3) is 0.545. The molecule has 1 aliphatic heterocycles.